The van der Waals surface area contributed by atoms with Gasteiger partial charge >= 0.3 is 0 Å². The van der Waals surface area contributed by atoms with Gasteiger partial charge in [0.25, 0.3) is 10.0 Å². The van der Waals surface area contributed by atoms with Crippen molar-refractivity contribution >= 4 is 26.5 Å². The molecule has 0 aliphatic rings. The second-order valence-corrected chi connectivity index (χ2v) is 5.46. The van der Waals surface area contributed by atoms with Crippen LogP contribution in [0.4, 0.5) is 5.13 Å². The Bertz CT molecular complexity index is 553. The number of sulfonamides is 1. The fraction of sp³-hybridized carbons (Fsp3) is 0. The number of hydrazine groups is 1. The van der Waals surface area contributed by atoms with Gasteiger partial charge in [-0.2, -0.15) is 12.8 Å². The number of benzene rings is 1. The molecule has 2 rings (SSSR count). The van der Waals surface area contributed by atoms with Crippen molar-refractivity contribution in [2.75, 3.05) is 4.41 Å². The smallest absolute Gasteiger partial charge is 0.231 e. The quantitative estimate of drug-likeness (QED) is 0.642. The van der Waals surface area contributed by atoms with Crippen LogP contribution in [0.2, 0.25) is 0 Å². The van der Waals surface area contributed by atoms with Crippen molar-refractivity contribution in [2.45, 2.75) is 4.90 Å². The average molecular weight is 256 g/mol. The normalized spacial score (nSPS) is 11.3. The summed E-state index contributed by atoms with van der Waals surface area (Å²) in [5.74, 6) is 5.50. The van der Waals surface area contributed by atoms with Crippen molar-refractivity contribution in [3.63, 3.8) is 0 Å². The molecular formula is C8H8N4O2S2. The Morgan fingerprint density at radius 2 is 1.94 bits per heavy atom. The lowest BCUT2D eigenvalue weighted by molar-refractivity contribution is 0.591. The molecule has 0 saturated carbocycles. The van der Waals surface area contributed by atoms with Crippen molar-refractivity contribution in [2.24, 2.45) is 5.84 Å². The van der Waals surface area contributed by atoms with Gasteiger partial charge < -0.3 is 0 Å². The first-order valence-electron chi connectivity index (χ1n) is 4.23. The average Bonchev–Trinajstić information content (AvgIpc) is 2.82. The summed E-state index contributed by atoms with van der Waals surface area (Å²) in [4.78, 5) is 0.118. The molecule has 16 heavy (non-hydrogen) atoms. The number of nitrogens with zero attached hydrogens (tertiary/aromatic N) is 3. The highest BCUT2D eigenvalue weighted by Crippen LogP contribution is 2.20. The standard InChI is InChI=1S/C8H8N4O2S2/c9-12(8-11-10-6-15-8)16(13,14)7-4-2-1-3-5-7/h1-6H,9H2. The number of hydrogen-bond acceptors (Lipinski definition) is 6. The van der Waals surface area contributed by atoms with Gasteiger partial charge in [-0.3, -0.25) is 0 Å². The zero-order valence-electron chi connectivity index (χ0n) is 8.02. The largest absolute Gasteiger partial charge is 0.279 e. The molecule has 1 aromatic heterocycles. The SMILES string of the molecule is NN(c1nncs1)S(=O)(=O)c1ccccc1. The van der Waals surface area contributed by atoms with E-state index in [2.05, 4.69) is 10.2 Å². The maximum absolute atomic E-state index is 12.0. The van der Waals surface area contributed by atoms with Gasteiger partial charge in [-0.05, 0) is 12.1 Å². The maximum atomic E-state index is 12.0. The molecule has 0 bridgehead atoms. The Morgan fingerprint density at radius 1 is 1.25 bits per heavy atom. The molecule has 6 nitrogen and oxygen atoms in total. The first kappa shape index (κ1) is 11.0. The molecule has 8 heteroatoms. The molecule has 2 N–H and O–H groups in total. The van der Waals surface area contributed by atoms with Crippen molar-refractivity contribution in [3.8, 4) is 0 Å². The highest BCUT2D eigenvalue weighted by atomic mass is 32.2. The van der Waals surface area contributed by atoms with Crippen LogP contribution in [-0.2, 0) is 10.0 Å². The highest BCUT2D eigenvalue weighted by Gasteiger charge is 2.23. The van der Waals surface area contributed by atoms with Gasteiger partial charge in [0, 0.05) is 0 Å². The first-order valence-corrected chi connectivity index (χ1v) is 6.55. The van der Waals surface area contributed by atoms with E-state index in [1.54, 1.807) is 18.2 Å². The van der Waals surface area contributed by atoms with Crippen LogP contribution in [0.15, 0.2) is 40.7 Å². The monoisotopic (exact) mass is 256 g/mol. The molecule has 1 aromatic carbocycles. The van der Waals surface area contributed by atoms with Crippen LogP contribution < -0.4 is 10.3 Å². The molecule has 0 amide bonds. The highest BCUT2D eigenvalue weighted by molar-refractivity contribution is 7.93. The third-order valence-electron chi connectivity index (χ3n) is 1.84. The second-order valence-electron chi connectivity index (χ2n) is 2.84. The predicted octanol–water partition coefficient (Wildman–Crippen LogP) is 0.607. The van der Waals surface area contributed by atoms with Gasteiger partial charge in [-0.1, -0.05) is 29.5 Å². The molecule has 0 atom stereocenters. The Kier molecular flexibility index (Phi) is 2.86. The number of aromatic nitrogens is 2. The number of hydrogen-bond donors (Lipinski definition) is 1. The molecule has 0 radical (unpaired) electrons. The van der Waals surface area contributed by atoms with E-state index in [0.717, 1.165) is 11.3 Å². The Labute approximate surface area is 96.4 Å². The predicted molar refractivity (Wildman–Crippen MR) is 60.2 cm³/mol. The second kappa shape index (κ2) is 4.16. The lowest BCUT2D eigenvalue weighted by Gasteiger charge is -2.14. The van der Waals surface area contributed by atoms with E-state index in [4.69, 9.17) is 5.84 Å². The summed E-state index contributed by atoms with van der Waals surface area (Å²) in [5.41, 5.74) is 1.41. The summed E-state index contributed by atoms with van der Waals surface area (Å²) in [7, 11) is -3.74. The molecule has 84 valence electrons. The van der Waals surface area contributed by atoms with Crippen LogP contribution in [0.5, 0.6) is 0 Å². The number of rotatable bonds is 3. The van der Waals surface area contributed by atoms with Gasteiger partial charge in [0.2, 0.25) is 5.13 Å². The minimum absolute atomic E-state index is 0.118. The van der Waals surface area contributed by atoms with Crippen LogP contribution in [0.1, 0.15) is 0 Å². The van der Waals surface area contributed by atoms with Crippen molar-refractivity contribution in [1.82, 2.24) is 10.2 Å². The number of nitrogens with two attached hydrogens (primary N) is 1. The minimum Gasteiger partial charge on any atom is -0.231 e. The third-order valence-corrected chi connectivity index (χ3v) is 4.20. The summed E-state index contributed by atoms with van der Waals surface area (Å²) in [6.07, 6.45) is 0. The Morgan fingerprint density at radius 3 is 2.50 bits per heavy atom. The van der Waals surface area contributed by atoms with Crippen molar-refractivity contribution in [3.05, 3.63) is 35.8 Å². The summed E-state index contributed by atoms with van der Waals surface area (Å²) in [6, 6.07) is 7.92. The summed E-state index contributed by atoms with van der Waals surface area (Å²) in [6.45, 7) is 0. The van der Waals surface area contributed by atoms with Crippen molar-refractivity contribution < 1.29 is 8.42 Å². The number of anilines is 1. The summed E-state index contributed by atoms with van der Waals surface area (Å²) in [5, 5.41) is 7.26. The van der Waals surface area contributed by atoms with Gasteiger partial charge in [0.1, 0.15) is 5.51 Å². The molecule has 0 unspecified atom stereocenters. The zero-order chi connectivity index (χ0) is 11.6. The van der Waals surface area contributed by atoms with Crippen molar-refractivity contribution in [1.29, 1.82) is 0 Å². The molecular weight excluding hydrogens is 248 g/mol. The molecule has 0 aliphatic heterocycles. The van der Waals surface area contributed by atoms with E-state index in [9.17, 15) is 8.42 Å². The van der Waals surface area contributed by atoms with Crippen LogP contribution in [0.3, 0.4) is 0 Å². The van der Waals surface area contributed by atoms with Gasteiger partial charge in [0.15, 0.2) is 0 Å². The molecule has 2 aromatic rings. The Hall–Kier alpha value is -1.51. The molecule has 0 saturated heterocycles. The van der Waals surface area contributed by atoms with E-state index in [1.165, 1.54) is 17.6 Å². The van der Waals surface area contributed by atoms with E-state index in [0.29, 0.717) is 4.41 Å². The van der Waals surface area contributed by atoms with Crippen LogP contribution in [-0.4, -0.2) is 18.6 Å². The van der Waals surface area contributed by atoms with Gasteiger partial charge in [-0.25, -0.2) is 5.84 Å². The lowest BCUT2D eigenvalue weighted by Crippen LogP contribution is -2.37. The maximum Gasteiger partial charge on any atom is 0.279 e. The molecule has 0 aliphatic carbocycles. The van der Waals surface area contributed by atoms with Crippen LogP contribution in [0.25, 0.3) is 0 Å². The van der Waals surface area contributed by atoms with E-state index in [-0.39, 0.29) is 10.0 Å². The molecule has 1 heterocycles. The molecule has 0 spiro atoms. The Balaban J connectivity index is 2.41. The third kappa shape index (κ3) is 1.90. The fourth-order valence-electron chi connectivity index (χ4n) is 1.07. The van der Waals surface area contributed by atoms with Crippen LogP contribution >= 0.6 is 11.3 Å². The summed E-state index contributed by atoms with van der Waals surface area (Å²) < 4.78 is 24.6. The van der Waals surface area contributed by atoms with Crippen LogP contribution in [0, 0.1) is 0 Å². The molecule has 0 fully saturated rings. The topological polar surface area (TPSA) is 89.2 Å². The zero-order valence-corrected chi connectivity index (χ0v) is 9.65. The first-order chi connectivity index (χ1) is 7.62. The minimum atomic E-state index is -3.74. The van der Waals surface area contributed by atoms with Gasteiger partial charge in [-0.15, -0.1) is 10.2 Å². The van der Waals surface area contributed by atoms with Gasteiger partial charge in [0.05, 0.1) is 4.90 Å². The van der Waals surface area contributed by atoms with E-state index >= 15 is 0 Å². The fourth-order valence-corrected chi connectivity index (χ4v) is 2.85. The van der Waals surface area contributed by atoms with E-state index in [1.807, 2.05) is 0 Å². The van der Waals surface area contributed by atoms with E-state index < -0.39 is 10.0 Å². The summed E-state index contributed by atoms with van der Waals surface area (Å²) >= 11 is 1.05. The lowest BCUT2D eigenvalue weighted by atomic mass is 10.4.